The summed E-state index contributed by atoms with van der Waals surface area (Å²) in [5.74, 6) is -5.18. The zero-order chi connectivity index (χ0) is 29.3. The molecule has 0 amide bonds. The highest BCUT2D eigenvalue weighted by atomic mass is 19.1. The molecule has 2 aliphatic rings. The van der Waals surface area contributed by atoms with Crippen LogP contribution in [0.15, 0.2) is 47.6 Å². The summed E-state index contributed by atoms with van der Waals surface area (Å²) < 4.78 is 41.6. The molecule has 6 N–H and O–H groups in total. The summed E-state index contributed by atoms with van der Waals surface area (Å²) in [6.45, 7) is 1.12. The number of nitrogens with two attached hydrogens (primary N) is 1. The zero-order valence-electron chi connectivity index (χ0n) is 22.1. The number of anilines is 1. The van der Waals surface area contributed by atoms with Crippen LogP contribution in [0.3, 0.4) is 0 Å². The highest BCUT2D eigenvalue weighted by Gasteiger charge is 2.41. The third-order valence-electron chi connectivity index (χ3n) is 7.12. The quantitative estimate of drug-likeness (QED) is 0.186. The van der Waals surface area contributed by atoms with E-state index >= 15 is 4.39 Å². The number of hydrogen-bond acceptors (Lipinski definition) is 9. The molecule has 11 nitrogen and oxygen atoms in total. The number of halogens is 2. The lowest BCUT2D eigenvalue weighted by molar-refractivity contribution is -0.142. The molecule has 41 heavy (non-hydrogen) atoms. The molecule has 0 radical (unpaired) electrons. The molecule has 1 aliphatic heterocycles. The lowest BCUT2D eigenvalue weighted by Crippen LogP contribution is -2.43. The molecule has 0 unspecified atom stereocenters. The number of amidine groups is 2. The Morgan fingerprint density at radius 3 is 2.56 bits per heavy atom. The number of phenols is 1. The molecule has 1 aromatic heterocycles. The van der Waals surface area contributed by atoms with E-state index in [1.54, 1.807) is 12.1 Å². The minimum absolute atomic E-state index is 0.0650. The first kappa shape index (κ1) is 27.6. The van der Waals surface area contributed by atoms with Crippen LogP contribution in [-0.2, 0) is 4.79 Å². The second kappa shape index (κ2) is 10.9. The SMILES string of the molecule is CN1CCN=C1c1cc(NC2(C(=O)O)CCCC2)ccc1Oc1c(F)cnc(Oc2cc(C(=N)N)ccc2O)c1F. The molecule has 214 valence electrons. The summed E-state index contributed by atoms with van der Waals surface area (Å²) >= 11 is 0. The minimum atomic E-state index is -1.27. The van der Waals surface area contributed by atoms with Crippen LogP contribution >= 0.6 is 0 Å². The predicted octanol–water partition coefficient (Wildman–Crippen LogP) is 4.44. The number of ether oxygens (including phenoxy) is 2. The van der Waals surface area contributed by atoms with E-state index in [-0.39, 0.29) is 28.6 Å². The Morgan fingerprint density at radius 1 is 1.15 bits per heavy atom. The van der Waals surface area contributed by atoms with Gasteiger partial charge in [0, 0.05) is 24.8 Å². The average Bonchev–Trinajstić information content (AvgIpc) is 3.59. The van der Waals surface area contributed by atoms with Crippen molar-refractivity contribution in [2.24, 2.45) is 10.7 Å². The summed E-state index contributed by atoms with van der Waals surface area (Å²) in [4.78, 5) is 22.1. The maximum absolute atomic E-state index is 15.6. The molecule has 2 aromatic carbocycles. The summed E-state index contributed by atoms with van der Waals surface area (Å²) in [5.41, 5.74) is 5.48. The van der Waals surface area contributed by atoms with Crippen LogP contribution in [0, 0.1) is 17.0 Å². The number of likely N-dealkylation sites (N-methyl/N-ethyl adjacent to an activating group) is 1. The number of carboxylic acids is 1. The van der Waals surface area contributed by atoms with Gasteiger partial charge in [0.1, 0.15) is 23.0 Å². The Labute approximate surface area is 233 Å². The Bertz CT molecular complexity index is 1560. The van der Waals surface area contributed by atoms with Crippen LogP contribution < -0.4 is 20.5 Å². The topological polar surface area (TPSA) is 166 Å². The number of nitrogens with one attached hydrogen (secondary N) is 2. The number of aliphatic imine (C=N–C) groups is 1. The van der Waals surface area contributed by atoms with Gasteiger partial charge in [-0.05, 0) is 49.2 Å². The normalized spacial score (nSPS) is 15.9. The van der Waals surface area contributed by atoms with Gasteiger partial charge < -0.3 is 35.6 Å². The van der Waals surface area contributed by atoms with Crippen molar-refractivity contribution in [1.82, 2.24) is 9.88 Å². The van der Waals surface area contributed by atoms with Crippen LogP contribution in [0.25, 0.3) is 0 Å². The molecule has 0 saturated heterocycles. The van der Waals surface area contributed by atoms with E-state index < -0.39 is 34.8 Å². The Morgan fingerprint density at radius 2 is 1.90 bits per heavy atom. The number of rotatable bonds is 9. The van der Waals surface area contributed by atoms with E-state index in [1.807, 2.05) is 11.9 Å². The lowest BCUT2D eigenvalue weighted by Gasteiger charge is -2.27. The maximum atomic E-state index is 15.6. The van der Waals surface area contributed by atoms with E-state index in [1.165, 1.54) is 24.3 Å². The van der Waals surface area contributed by atoms with E-state index in [2.05, 4.69) is 15.3 Å². The number of hydrogen-bond donors (Lipinski definition) is 5. The summed E-state index contributed by atoms with van der Waals surface area (Å²) in [6.07, 6.45) is 3.22. The zero-order valence-corrected chi connectivity index (χ0v) is 22.1. The fourth-order valence-corrected chi connectivity index (χ4v) is 4.92. The largest absolute Gasteiger partial charge is 0.504 e. The van der Waals surface area contributed by atoms with Crippen molar-refractivity contribution in [2.45, 2.75) is 31.2 Å². The van der Waals surface area contributed by atoms with E-state index in [0.717, 1.165) is 12.8 Å². The summed E-state index contributed by atoms with van der Waals surface area (Å²) in [7, 11) is 1.81. The number of carboxylic acid groups (broad SMARTS) is 1. The molecule has 2 heterocycles. The van der Waals surface area contributed by atoms with Gasteiger partial charge >= 0.3 is 5.97 Å². The van der Waals surface area contributed by atoms with Crippen LogP contribution in [-0.4, -0.2) is 63.4 Å². The van der Waals surface area contributed by atoms with E-state index in [9.17, 15) is 19.4 Å². The predicted molar refractivity (Wildman–Crippen MR) is 146 cm³/mol. The van der Waals surface area contributed by atoms with Crippen molar-refractivity contribution in [2.75, 3.05) is 25.5 Å². The second-order valence-corrected chi connectivity index (χ2v) is 9.91. The standard InChI is InChI=1S/C28H28F2N6O5/c1-36-11-10-33-25(36)17-13-16(35-28(27(38)39)8-2-3-9-28)5-7-20(17)40-23-18(29)14-34-26(22(23)30)41-21-12-15(24(31)32)4-6-19(21)37/h4-7,12-14,35,37H,2-3,8-11H2,1H3,(H3,31,32)(H,38,39). The van der Waals surface area contributed by atoms with Crippen LogP contribution in [0.2, 0.25) is 0 Å². The number of carbonyl (C=O) groups is 1. The molecule has 0 spiro atoms. The molecule has 0 bridgehead atoms. The number of benzene rings is 2. The fourth-order valence-electron chi connectivity index (χ4n) is 4.92. The van der Waals surface area contributed by atoms with Gasteiger partial charge in [0.05, 0.1) is 18.3 Å². The van der Waals surface area contributed by atoms with Gasteiger partial charge in [-0.1, -0.05) is 12.8 Å². The molecule has 0 atom stereocenters. The van der Waals surface area contributed by atoms with E-state index in [4.69, 9.17) is 20.6 Å². The summed E-state index contributed by atoms with van der Waals surface area (Å²) in [5, 5.41) is 30.7. The number of pyridine rings is 1. The average molecular weight is 567 g/mol. The van der Waals surface area contributed by atoms with Crippen LogP contribution in [0.1, 0.15) is 36.8 Å². The highest BCUT2D eigenvalue weighted by Crippen LogP contribution is 2.39. The number of phenolic OH excluding ortho intramolecular Hbond substituents is 1. The molecule has 13 heteroatoms. The monoisotopic (exact) mass is 566 g/mol. The van der Waals surface area contributed by atoms with Gasteiger partial charge in [-0.15, -0.1) is 0 Å². The fraction of sp³-hybridized carbons (Fsp3) is 0.286. The Balaban J connectivity index is 1.51. The number of aromatic nitrogens is 1. The molecule has 3 aromatic rings. The molecule has 1 fully saturated rings. The Hall–Kier alpha value is -4.94. The van der Waals surface area contributed by atoms with Gasteiger partial charge in [-0.25, -0.2) is 14.2 Å². The third kappa shape index (κ3) is 5.42. The van der Waals surface area contributed by atoms with Gasteiger partial charge in [0.25, 0.3) is 5.88 Å². The minimum Gasteiger partial charge on any atom is -0.504 e. The Kier molecular flexibility index (Phi) is 7.35. The lowest BCUT2D eigenvalue weighted by atomic mass is 9.97. The molecule has 1 saturated carbocycles. The smallest absolute Gasteiger partial charge is 0.329 e. The number of nitrogens with zero attached hydrogens (tertiary/aromatic N) is 3. The first-order chi connectivity index (χ1) is 19.6. The van der Waals surface area contributed by atoms with Gasteiger partial charge in [-0.2, -0.15) is 4.39 Å². The summed E-state index contributed by atoms with van der Waals surface area (Å²) in [6, 6.07) is 8.52. The van der Waals surface area contributed by atoms with Crippen molar-refractivity contribution >= 4 is 23.3 Å². The van der Waals surface area contributed by atoms with Gasteiger partial charge in [-0.3, -0.25) is 10.4 Å². The van der Waals surface area contributed by atoms with Crippen molar-refractivity contribution in [3.05, 3.63) is 65.4 Å². The molecular weight excluding hydrogens is 538 g/mol. The highest BCUT2D eigenvalue weighted by molar-refractivity contribution is 6.03. The third-order valence-corrected chi connectivity index (χ3v) is 7.12. The van der Waals surface area contributed by atoms with Gasteiger partial charge in [0.2, 0.25) is 11.6 Å². The maximum Gasteiger partial charge on any atom is 0.329 e. The van der Waals surface area contributed by atoms with Crippen molar-refractivity contribution < 1.29 is 33.3 Å². The van der Waals surface area contributed by atoms with Gasteiger partial charge in [0.15, 0.2) is 17.3 Å². The number of aromatic hydroxyl groups is 1. The van der Waals surface area contributed by atoms with E-state index in [0.29, 0.717) is 49.2 Å². The van der Waals surface area contributed by atoms with Crippen molar-refractivity contribution in [1.29, 1.82) is 5.41 Å². The first-order valence-electron chi connectivity index (χ1n) is 12.9. The second-order valence-electron chi connectivity index (χ2n) is 9.91. The van der Waals surface area contributed by atoms with Crippen molar-refractivity contribution in [3.8, 4) is 28.9 Å². The molecular formula is C28H28F2N6O5. The van der Waals surface area contributed by atoms with Crippen molar-refractivity contribution in [3.63, 3.8) is 0 Å². The van der Waals surface area contributed by atoms with Crippen LogP contribution in [0.5, 0.6) is 28.9 Å². The number of nitrogen functional groups attached to an aromatic ring is 1. The molecule has 1 aliphatic carbocycles. The number of aliphatic carboxylic acids is 1. The molecule has 5 rings (SSSR count). The first-order valence-corrected chi connectivity index (χ1v) is 12.9. The van der Waals surface area contributed by atoms with Crippen LogP contribution in [0.4, 0.5) is 14.5 Å².